The number of hydrogen-bond acceptors (Lipinski definition) is 4. The minimum atomic E-state index is -4.66. The van der Waals surface area contributed by atoms with Crippen molar-refractivity contribution in [1.82, 2.24) is 4.98 Å². The van der Waals surface area contributed by atoms with Crippen LogP contribution in [0, 0.1) is 22.7 Å². The lowest BCUT2D eigenvalue weighted by Gasteiger charge is -2.13. The number of ether oxygens (including phenoxy) is 1. The van der Waals surface area contributed by atoms with Crippen LogP contribution in [0.1, 0.15) is 16.7 Å². The van der Waals surface area contributed by atoms with E-state index in [0.29, 0.717) is 6.07 Å². The zero-order valence-corrected chi connectivity index (χ0v) is 10.3. The molecule has 0 aliphatic carbocycles. The van der Waals surface area contributed by atoms with Crippen molar-refractivity contribution in [2.45, 2.75) is 6.18 Å². The zero-order chi connectivity index (χ0) is 15.5. The molecule has 21 heavy (non-hydrogen) atoms. The van der Waals surface area contributed by atoms with Gasteiger partial charge in [-0.15, -0.1) is 0 Å². The van der Waals surface area contributed by atoms with Gasteiger partial charge in [-0.1, -0.05) is 0 Å². The van der Waals surface area contributed by atoms with Gasteiger partial charge in [-0.2, -0.15) is 23.7 Å². The molecule has 0 bridgehead atoms. The fraction of sp³-hybridized carbons (Fsp3) is 0.0714. The highest BCUT2D eigenvalue weighted by Gasteiger charge is 2.35. The summed E-state index contributed by atoms with van der Waals surface area (Å²) in [4.78, 5) is 3.73. The van der Waals surface area contributed by atoms with Crippen LogP contribution in [-0.4, -0.2) is 4.98 Å². The molecule has 0 saturated carbocycles. The van der Waals surface area contributed by atoms with E-state index in [1.165, 1.54) is 24.4 Å². The van der Waals surface area contributed by atoms with Crippen LogP contribution >= 0.6 is 0 Å². The van der Waals surface area contributed by atoms with Crippen molar-refractivity contribution in [1.29, 1.82) is 10.5 Å². The van der Waals surface area contributed by atoms with Crippen LogP contribution in [0.2, 0.25) is 0 Å². The minimum Gasteiger partial charge on any atom is -0.438 e. The molecule has 0 N–H and O–H groups in total. The van der Waals surface area contributed by atoms with Gasteiger partial charge >= 0.3 is 6.18 Å². The van der Waals surface area contributed by atoms with E-state index in [-0.39, 0.29) is 17.0 Å². The van der Waals surface area contributed by atoms with Crippen molar-refractivity contribution in [2.24, 2.45) is 0 Å². The predicted molar refractivity (Wildman–Crippen MR) is 65.2 cm³/mol. The van der Waals surface area contributed by atoms with Gasteiger partial charge < -0.3 is 4.74 Å². The SMILES string of the molecule is N#Cc1ccc(Oc2ccc(C#N)cc2C(F)(F)F)nc1. The molecule has 104 valence electrons. The number of pyridine rings is 1. The standard InChI is InChI=1S/C14H6F3N3O/c15-14(16,17)11-5-9(6-18)1-3-12(11)21-13-4-2-10(7-19)8-20-13/h1-5,8H. The van der Waals surface area contributed by atoms with Gasteiger partial charge in [-0.25, -0.2) is 4.98 Å². The third kappa shape index (κ3) is 3.28. The lowest BCUT2D eigenvalue weighted by atomic mass is 10.1. The number of nitriles is 2. The minimum absolute atomic E-state index is 0.0794. The average Bonchev–Trinajstić information content (AvgIpc) is 2.47. The summed E-state index contributed by atoms with van der Waals surface area (Å²) in [5.41, 5.74) is -0.923. The van der Waals surface area contributed by atoms with Gasteiger partial charge in [-0.05, 0) is 24.3 Å². The quantitative estimate of drug-likeness (QED) is 0.846. The maximum atomic E-state index is 12.9. The molecule has 1 heterocycles. The van der Waals surface area contributed by atoms with Crippen LogP contribution in [0.15, 0.2) is 36.5 Å². The van der Waals surface area contributed by atoms with Crippen LogP contribution in [-0.2, 0) is 6.18 Å². The lowest BCUT2D eigenvalue weighted by molar-refractivity contribution is -0.138. The monoisotopic (exact) mass is 289 g/mol. The topological polar surface area (TPSA) is 69.7 Å². The molecule has 0 saturated heterocycles. The highest BCUT2D eigenvalue weighted by atomic mass is 19.4. The van der Waals surface area contributed by atoms with Crippen molar-refractivity contribution in [3.8, 4) is 23.8 Å². The molecule has 0 amide bonds. The van der Waals surface area contributed by atoms with Crippen molar-refractivity contribution in [3.05, 3.63) is 53.2 Å². The molecule has 0 fully saturated rings. The molecule has 2 rings (SSSR count). The van der Waals surface area contributed by atoms with Gasteiger partial charge in [0.2, 0.25) is 5.88 Å². The Kier molecular flexibility index (Phi) is 3.77. The summed E-state index contributed by atoms with van der Waals surface area (Å²) in [6.07, 6.45) is -3.47. The van der Waals surface area contributed by atoms with Crippen LogP contribution in [0.25, 0.3) is 0 Å². The largest absolute Gasteiger partial charge is 0.438 e. The summed E-state index contributed by atoms with van der Waals surface area (Å²) in [7, 11) is 0. The molecule has 4 nitrogen and oxygen atoms in total. The summed E-state index contributed by atoms with van der Waals surface area (Å²) in [6, 6.07) is 9.12. The normalized spacial score (nSPS) is 10.5. The number of hydrogen-bond donors (Lipinski definition) is 0. The Morgan fingerprint density at radius 1 is 1.00 bits per heavy atom. The molecule has 1 aromatic carbocycles. The molecular weight excluding hydrogens is 283 g/mol. The summed E-state index contributed by atoms with van der Waals surface area (Å²) < 4.78 is 43.9. The van der Waals surface area contributed by atoms with Crippen LogP contribution in [0.3, 0.4) is 0 Å². The van der Waals surface area contributed by atoms with E-state index in [1.54, 1.807) is 6.07 Å². The molecule has 0 radical (unpaired) electrons. The van der Waals surface area contributed by atoms with Gasteiger partial charge in [0.05, 0.1) is 22.8 Å². The van der Waals surface area contributed by atoms with E-state index in [0.717, 1.165) is 6.07 Å². The van der Waals surface area contributed by atoms with Crippen LogP contribution in [0.4, 0.5) is 13.2 Å². The average molecular weight is 289 g/mol. The van der Waals surface area contributed by atoms with Crippen molar-refractivity contribution < 1.29 is 17.9 Å². The van der Waals surface area contributed by atoms with E-state index < -0.39 is 17.5 Å². The zero-order valence-electron chi connectivity index (χ0n) is 10.3. The summed E-state index contributed by atoms with van der Waals surface area (Å²) >= 11 is 0. The molecule has 0 spiro atoms. The third-order valence-corrected chi connectivity index (χ3v) is 2.49. The van der Waals surface area contributed by atoms with Crippen molar-refractivity contribution in [2.75, 3.05) is 0 Å². The molecule has 0 atom stereocenters. The molecule has 1 aromatic heterocycles. The van der Waals surface area contributed by atoms with Gasteiger partial charge in [-0.3, -0.25) is 0 Å². The summed E-state index contributed by atoms with van der Waals surface area (Å²) in [5.74, 6) is -0.539. The number of nitrogens with zero attached hydrogens (tertiary/aromatic N) is 3. The smallest absolute Gasteiger partial charge is 0.420 e. The first-order valence-corrected chi connectivity index (χ1v) is 5.59. The third-order valence-electron chi connectivity index (χ3n) is 2.49. The van der Waals surface area contributed by atoms with Crippen LogP contribution < -0.4 is 4.74 Å². The van der Waals surface area contributed by atoms with Crippen molar-refractivity contribution in [3.63, 3.8) is 0 Å². The van der Waals surface area contributed by atoms with Crippen molar-refractivity contribution >= 4 is 0 Å². The number of aromatic nitrogens is 1. The summed E-state index contributed by atoms with van der Waals surface area (Å²) in [5, 5.41) is 17.3. The Morgan fingerprint density at radius 3 is 2.19 bits per heavy atom. The number of rotatable bonds is 2. The fourth-order valence-electron chi connectivity index (χ4n) is 1.53. The van der Waals surface area contributed by atoms with Gasteiger partial charge in [0.15, 0.2) is 0 Å². The Bertz CT molecular complexity index is 740. The van der Waals surface area contributed by atoms with Gasteiger partial charge in [0.25, 0.3) is 0 Å². The maximum Gasteiger partial charge on any atom is 0.420 e. The maximum absolute atomic E-state index is 12.9. The molecule has 7 heteroatoms. The first-order valence-electron chi connectivity index (χ1n) is 5.59. The second-order valence-electron chi connectivity index (χ2n) is 3.92. The van der Waals surface area contributed by atoms with E-state index >= 15 is 0 Å². The predicted octanol–water partition coefficient (Wildman–Crippen LogP) is 3.64. The highest BCUT2D eigenvalue weighted by Crippen LogP contribution is 2.38. The molecule has 0 aliphatic rings. The first kappa shape index (κ1) is 14.4. The van der Waals surface area contributed by atoms with E-state index in [2.05, 4.69) is 4.98 Å². The van der Waals surface area contributed by atoms with E-state index in [1.807, 2.05) is 6.07 Å². The fourth-order valence-corrected chi connectivity index (χ4v) is 1.53. The number of alkyl halides is 3. The van der Waals surface area contributed by atoms with E-state index in [4.69, 9.17) is 15.3 Å². The first-order chi connectivity index (χ1) is 9.94. The Labute approximate surface area is 117 Å². The molecule has 0 aliphatic heterocycles. The highest BCUT2D eigenvalue weighted by molar-refractivity contribution is 5.45. The van der Waals surface area contributed by atoms with Gasteiger partial charge in [0, 0.05) is 12.3 Å². The Morgan fingerprint density at radius 2 is 1.67 bits per heavy atom. The Balaban J connectivity index is 2.39. The number of benzene rings is 1. The summed E-state index contributed by atoms with van der Waals surface area (Å²) in [6.45, 7) is 0. The van der Waals surface area contributed by atoms with Crippen LogP contribution in [0.5, 0.6) is 11.6 Å². The van der Waals surface area contributed by atoms with Gasteiger partial charge in [0.1, 0.15) is 11.8 Å². The molecule has 2 aromatic rings. The Hall–Kier alpha value is -3.06. The molecule has 0 unspecified atom stereocenters. The lowest BCUT2D eigenvalue weighted by Crippen LogP contribution is -2.08. The second-order valence-corrected chi connectivity index (χ2v) is 3.92. The molecular formula is C14H6F3N3O. The van der Waals surface area contributed by atoms with E-state index in [9.17, 15) is 13.2 Å². The second kappa shape index (κ2) is 5.51. The number of halogens is 3.